The number of methoxy groups -OCH3 is 1. The lowest BCUT2D eigenvalue weighted by atomic mass is 10.0. The summed E-state index contributed by atoms with van der Waals surface area (Å²) in [7, 11) is 1.50. The summed E-state index contributed by atoms with van der Waals surface area (Å²) in [6, 6.07) is 44.3. The van der Waals surface area contributed by atoms with Gasteiger partial charge in [0.1, 0.15) is 23.6 Å². The number of para-hydroxylation sites is 2. The van der Waals surface area contributed by atoms with Crippen molar-refractivity contribution in [3.8, 4) is 11.5 Å². The average Bonchev–Trinajstić information content (AvgIpc) is 3.26. The Bertz CT molecular complexity index is 2380. The summed E-state index contributed by atoms with van der Waals surface area (Å²) < 4.78 is 11.5. The molecule has 6 aromatic rings. The van der Waals surface area contributed by atoms with Gasteiger partial charge in [0.15, 0.2) is 0 Å². The number of nitrogens with one attached hydrogen (secondary N) is 4. The van der Waals surface area contributed by atoms with Gasteiger partial charge in [-0.25, -0.2) is 0 Å². The molecule has 4 N–H and O–H groups in total. The van der Waals surface area contributed by atoms with E-state index in [9.17, 15) is 19.2 Å². The number of benzene rings is 6. The lowest BCUT2D eigenvalue weighted by Crippen LogP contribution is -2.45. The molecule has 10 heteroatoms. The molecule has 0 radical (unpaired) electrons. The smallest absolute Gasteiger partial charge is 0.255 e. The van der Waals surface area contributed by atoms with Crippen molar-refractivity contribution < 1.29 is 28.7 Å². The number of carbonyl (C=O) groups excluding carboxylic acids is 4. The van der Waals surface area contributed by atoms with Crippen molar-refractivity contribution in [2.24, 2.45) is 0 Å². The van der Waals surface area contributed by atoms with Gasteiger partial charge in [-0.15, -0.1) is 0 Å². The molecule has 6 rings (SSSR count). The normalized spacial score (nSPS) is 11.7. The monoisotopic (exact) mass is 788 g/mol. The van der Waals surface area contributed by atoms with Crippen molar-refractivity contribution in [2.45, 2.75) is 45.2 Å². The van der Waals surface area contributed by atoms with Gasteiger partial charge in [-0.1, -0.05) is 109 Å². The van der Waals surface area contributed by atoms with E-state index in [1.807, 2.05) is 117 Å². The first-order chi connectivity index (χ1) is 28.7. The zero-order valence-electron chi connectivity index (χ0n) is 33.4. The van der Waals surface area contributed by atoms with Crippen LogP contribution in [0, 0.1) is 13.8 Å². The topological polar surface area (TPSA) is 135 Å². The molecule has 0 fully saturated rings. The van der Waals surface area contributed by atoms with Gasteiger partial charge in [0.2, 0.25) is 11.8 Å². The van der Waals surface area contributed by atoms with Gasteiger partial charge in [0, 0.05) is 36.2 Å². The Labute approximate surface area is 345 Å². The Morgan fingerprint density at radius 3 is 1.80 bits per heavy atom. The molecule has 0 aliphatic heterocycles. The number of hydrogen-bond acceptors (Lipinski definition) is 6. The molecular formula is C49H48N4O6. The Morgan fingerprint density at radius 1 is 0.576 bits per heavy atom. The molecule has 0 aromatic heterocycles. The molecule has 4 amide bonds. The van der Waals surface area contributed by atoms with E-state index in [-0.39, 0.29) is 18.2 Å². The Morgan fingerprint density at radius 2 is 1.14 bits per heavy atom. The predicted octanol–water partition coefficient (Wildman–Crippen LogP) is 7.89. The Balaban J connectivity index is 1.09. The third-order valence-corrected chi connectivity index (χ3v) is 10.0. The second kappa shape index (κ2) is 20.3. The van der Waals surface area contributed by atoms with Crippen LogP contribution >= 0.6 is 0 Å². The summed E-state index contributed by atoms with van der Waals surface area (Å²) in [5, 5.41) is 11.9. The molecular weight excluding hydrogens is 741 g/mol. The van der Waals surface area contributed by atoms with Crippen molar-refractivity contribution >= 4 is 35.0 Å². The molecule has 0 bridgehead atoms. The predicted molar refractivity (Wildman–Crippen MR) is 231 cm³/mol. The van der Waals surface area contributed by atoms with Crippen LogP contribution in [0.5, 0.6) is 11.5 Å². The number of rotatable bonds is 17. The maximum absolute atomic E-state index is 13.8. The van der Waals surface area contributed by atoms with Crippen LogP contribution in [-0.4, -0.2) is 49.4 Å². The van der Waals surface area contributed by atoms with Crippen LogP contribution < -0.4 is 30.7 Å². The van der Waals surface area contributed by atoms with Crippen LogP contribution in [0.2, 0.25) is 0 Å². The number of ether oxygens (including phenoxy) is 2. The highest BCUT2D eigenvalue weighted by molar-refractivity contribution is 6.03. The summed E-state index contributed by atoms with van der Waals surface area (Å²) >= 11 is 0. The molecule has 6 aromatic carbocycles. The number of aryl methyl sites for hydroxylation is 1. The molecule has 0 saturated heterocycles. The number of amides is 4. The molecule has 0 aliphatic carbocycles. The summed E-state index contributed by atoms with van der Waals surface area (Å²) in [5.74, 6) is -0.586. The third-order valence-electron chi connectivity index (χ3n) is 10.0. The van der Waals surface area contributed by atoms with E-state index in [1.54, 1.807) is 48.5 Å². The Hall–Kier alpha value is -7.20. The highest BCUT2D eigenvalue weighted by Gasteiger charge is 2.25. The van der Waals surface area contributed by atoms with Crippen molar-refractivity contribution in [1.29, 1.82) is 0 Å². The standard InChI is InChI=1S/C49H48N4O6/c1-33-16-10-12-25-41(33)50-48(56)43(30-35-17-6-4-7-18-35)52-46(54)38-22-14-23-39(32-38)59-29-28-37-21-15-26-42(34(37)2)51-49(57)44(31-36-19-8-5-9-20-36)53-47(55)40-24-11-13-27-45(40)58-3/h4-27,32,43-44H,28-31H2,1-3H3,(H,50,56)(H,51,57)(H,52,54)(H,53,55). The van der Waals surface area contributed by atoms with Gasteiger partial charge >= 0.3 is 0 Å². The van der Waals surface area contributed by atoms with Gasteiger partial charge in [-0.2, -0.15) is 0 Å². The largest absolute Gasteiger partial charge is 0.496 e. The van der Waals surface area contributed by atoms with E-state index < -0.39 is 23.9 Å². The molecule has 10 nitrogen and oxygen atoms in total. The zero-order chi connectivity index (χ0) is 41.6. The summed E-state index contributed by atoms with van der Waals surface area (Å²) in [6.45, 7) is 4.14. The maximum Gasteiger partial charge on any atom is 0.255 e. The minimum Gasteiger partial charge on any atom is -0.496 e. The van der Waals surface area contributed by atoms with E-state index in [1.165, 1.54) is 7.11 Å². The van der Waals surface area contributed by atoms with Crippen LogP contribution in [0.25, 0.3) is 0 Å². The van der Waals surface area contributed by atoms with Gasteiger partial charge in [0.25, 0.3) is 11.8 Å². The van der Waals surface area contributed by atoms with Crippen LogP contribution in [0.1, 0.15) is 48.5 Å². The summed E-state index contributed by atoms with van der Waals surface area (Å²) in [4.78, 5) is 54.3. The van der Waals surface area contributed by atoms with E-state index in [0.29, 0.717) is 53.4 Å². The molecule has 0 aliphatic rings. The number of anilines is 2. The summed E-state index contributed by atoms with van der Waals surface area (Å²) in [6.07, 6.45) is 1.11. The second-order valence-corrected chi connectivity index (χ2v) is 14.1. The minimum atomic E-state index is -0.873. The fourth-order valence-electron chi connectivity index (χ4n) is 6.68. The quantitative estimate of drug-likeness (QED) is 0.0743. The van der Waals surface area contributed by atoms with E-state index in [4.69, 9.17) is 9.47 Å². The molecule has 300 valence electrons. The molecule has 0 saturated carbocycles. The zero-order valence-corrected chi connectivity index (χ0v) is 33.4. The van der Waals surface area contributed by atoms with Gasteiger partial charge < -0.3 is 30.7 Å². The Kier molecular flexibility index (Phi) is 14.2. The maximum atomic E-state index is 13.8. The van der Waals surface area contributed by atoms with Crippen molar-refractivity contribution in [3.63, 3.8) is 0 Å². The fourth-order valence-corrected chi connectivity index (χ4v) is 6.68. The van der Waals surface area contributed by atoms with Crippen LogP contribution in [-0.2, 0) is 28.9 Å². The molecule has 2 atom stereocenters. The molecule has 2 unspecified atom stereocenters. The van der Waals surface area contributed by atoms with Gasteiger partial charge in [-0.05, 0) is 84.1 Å². The van der Waals surface area contributed by atoms with Crippen molar-refractivity contribution in [1.82, 2.24) is 10.6 Å². The van der Waals surface area contributed by atoms with Crippen molar-refractivity contribution in [2.75, 3.05) is 24.4 Å². The molecule has 59 heavy (non-hydrogen) atoms. The SMILES string of the molecule is COc1ccccc1C(=O)NC(Cc1ccccc1)C(=O)Nc1cccc(CCOc2cccc(C(=O)NC(Cc3ccccc3)C(=O)Nc3ccccc3C)c2)c1C. The van der Waals surface area contributed by atoms with Crippen LogP contribution in [0.3, 0.4) is 0 Å². The second-order valence-electron chi connectivity index (χ2n) is 14.1. The number of carbonyl (C=O) groups is 4. The average molecular weight is 789 g/mol. The van der Waals surface area contributed by atoms with E-state index in [2.05, 4.69) is 21.3 Å². The minimum absolute atomic E-state index is 0.283. The third kappa shape index (κ3) is 11.4. The van der Waals surface area contributed by atoms with E-state index in [0.717, 1.165) is 27.8 Å². The first kappa shape index (κ1) is 41.4. The first-order valence-electron chi connectivity index (χ1n) is 19.5. The van der Waals surface area contributed by atoms with Gasteiger partial charge in [0.05, 0.1) is 19.3 Å². The lowest BCUT2D eigenvalue weighted by molar-refractivity contribution is -0.118. The fraction of sp³-hybridized carbons (Fsp3) is 0.184. The highest BCUT2D eigenvalue weighted by atomic mass is 16.5. The van der Waals surface area contributed by atoms with Crippen molar-refractivity contribution in [3.05, 3.63) is 191 Å². The van der Waals surface area contributed by atoms with Crippen LogP contribution in [0.15, 0.2) is 152 Å². The highest BCUT2D eigenvalue weighted by Crippen LogP contribution is 2.23. The van der Waals surface area contributed by atoms with E-state index >= 15 is 0 Å². The molecule has 0 spiro atoms. The summed E-state index contributed by atoms with van der Waals surface area (Å²) in [5.41, 5.74) is 6.53. The van der Waals surface area contributed by atoms with Gasteiger partial charge in [-0.3, -0.25) is 19.2 Å². The van der Waals surface area contributed by atoms with Crippen LogP contribution in [0.4, 0.5) is 11.4 Å². The lowest BCUT2D eigenvalue weighted by Gasteiger charge is -2.21. The number of hydrogen-bond donors (Lipinski definition) is 4. The first-order valence-corrected chi connectivity index (χ1v) is 19.5. The molecule has 0 heterocycles.